The van der Waals surface area contributed by atoms with Gasteiger partial charge in [0.05, 0.1) is 28.6 Å². The number of methoxy groups -OCH3 is 1. The third kappa shape index (κ3) is 3.47. The molecule has 172 valence electrons. The summed E-state index contributed by atoms with van der Waals surface area (Å²) >= 11 is 3.37. The summed E-state index contributed by atoms with van der Waals surface area (Å²) in [5.74, 6) is -0.124. The van der Waals surface area contributed by atoms with Crippen LogP contribution < -0.4 is 10.2 Å². The predicted octanol–water partition coefficient (Wildman–Crippen LogP) is 5.63. The highest BCUT2D eigenvalue weighted by atomic mass is 79.9. The molecule has 0 saturated carbocycles. The van der Waals surface area contributed by atoms with Gasteiger partial charge in [0.25, 0.3) is 5.91 Å². The molecule has 1 amide bonds. The van der Waals surface area contributed by atoms with Crippen molar-refractivity contribution in [1.29, 1.82) is 0 Å². The number of halogens is 1. The molecule has 1 unspecified atom stereocenters. The number of fused-ring (bicyclic) bond motifs is 2. The molecule has 0 fully saturated rings. The number of amides is 1. The van der Waals surface area contributed by atoms with Crippen molar-refractivity contribution in [2.45, 2.75) is 26.4 Å². The van der Waals surface area contributed by atoms with Crippen LogP contribution in [0.5, 0.6) is 11.5 Å². The first-order valence-corrected chi connectivity index (χ1v) is 11.6. The molecule has 3 aromatic carbocycles. The zero-order valence-corrected chi connectivity index (χ0v) is 20.5. The maximum atomic E-state index is 13.9. The molecule has 2 heterocycles. The van der Waals surface area contributed by atoms with Gasteiger partial charge in [-0.3, -0.25) is 9.59 Å². The highest BCUT2D eigenvalue weighted by Crippen LogP contribution is 2.44. The summed E-state index contributed by atoms with van der Waals surface area (Å²) in [4.78, 5) is 29.1. The van der Waals surface area contributed by atoms with E-state index in [0.717, 1.165) is 16.7 Å². The molecule has 0 spiro atoms. The van der Waals surface area contributed by atoms with Crippen LogP contribution in [-0.4, -0.2) is 23.0 Å². The standard InChI is InChI=1S/C27H22BrNO5/c1-14-9-15(2)21-19(10-14)34-26-22(25(21)31)23(17-11-18(28)24(30)20(12-17)33-3)29(27(26)32)13-16-7-5-4-6-8-16/h4-12,23,30H,13H2,1-3H3. The molecular weight excluding hydrogens is 498 g/mol. The lowest BCUT2D eigenvalue weighted by Gasteiger charge is -2.26. The van der Waals surface area contributed by atoms with Crippen molar-refractivity contribution in [2.24, 2.45) is 0 Å². The second-order valence-corrected chi connectivity index (χ2v) is 9.36. The first kappa shape index (κ1) is 22.2. The maximum Gasteiger partial charge on any atom is 0.291 e. The van der Waals surface area contributed by atoms with E-state index in [4.69, 9.17) is 9.15 Å². The van der Waals surface area contributed by atoms with Crippen molar-refractivity contribution >= 4 is 32.8 Å². The Morgan fingerprint density at radius 2 is 1.82 bits per heavy atom. The van der Waals surface area contributed by atoms with Gasteiger partial charge in [-0.25, -0.2) is 0 Å². The number of hydrogen-bond acceptors (Lipinski definition) is 5. The van der Waals surface area contributed by atoms with E-state index in [-0.39, 0.29) is 35.1 Å². The lowest BCUT2D eigenvalue weighted by molar-refractivity contribution is 0.0714. The molecule has 0 radical (unpaired) electrons. The molecular formula is C27H22BrNO5. The van der Waals surface area contributed by atoms with Gasteiger partial charge in [-0.15, -0.1) is 0 Å². The van der Waals surface area contributed by atoms with Gasteiger partial charge in [-0.1, -0.05) is 36.4 Å². The monoisotopic (exact) mass is 519 g/mol. The molecule has 1 N–H and O–H groups in total. The van der Waals surface area contributed by atoms with Crippen molar-refractivity contribution in [3.8, 4) is 11.5 Å². The van der Waals surface area contributed by atoms with E-state index < -0.39 is 6.04 Å². The Morgan fingerprint density at radius 1 is 1.09 bits per heavy atom. The molecule has 0 saturated heterocycles. The predicted molar refractivity (Wildman–Crippen MR) is 132 cm³/mol. The van der Waals surface area contributed by atoms with Gasteiger partial charge in [0.2, 0.25) is 5.76 Å². The van der Waals surface area contributed by atoms with Crippen LogP contribution >= 0.6 is 15.9 Å². The zero-order chi connectivity index (χ0) is 24.1. The second-order valence-electron chi connectivity index (χ2n) is 8.50. The summed E-state index contributed by atoms with van der Waals surface area (Å²) in [5, 5.41) is 10.8. The lowest BCUT2D eigenvalue weighted by Crippen LogP contribution is -2.29. The summed E-state index contributed by atoms with van der Waals surface area (Å²) in [6, 6.07) is 15.9. The smallest absolute Gasteiger partial charge is 0.291 e. The third-order valence-electron chi connectivity index (χ3n) is 6.19. The molecule has 1 atom stereocenters. The van der Waals surface area contributed by atoms with Crippen molar-refractivity contribution in [1.82, 2.24) is 4.90 Å². The number of carbonyl (C=O) groups excluding carboxylic acids is 1. The lowest BCUT2D eigenvalue weighted by atomic mass is 9.96. The van der Waals surface area contributed by atoms with E-state index in [9.17, 15) is 14.7 Å². The molecule has 0 aliphatic carbocycles. The highest BCUT2D eigenvalue weighted by Gasteiger charge is 2.43. The first-order chi connectivity index (χ1) is 16.3. The van der Waals surface area contributed by atoms with Crippen molar-refractivity contribution in [3.05, 3.63) is 103 Å². The number of benzene rings is 3. The molecule has 4 aromatic rings. The van der Waals surface area contributed by atoms with E-state index >= 15 is 0 Å². The molecule has 6 nitrogen and oxygen atoms in total. The van der Waals surface area contributed by atoms with Crippen LogP contribution in [0.3, 0.4) is 0 Å². The van der Waals surface area contributed by atoms with Gasteiger partial charge in [-0.05, 0) is 70.2 Å². The zero-order valence-electron chi connectivity index (χ0n) is 18.9. The van der Waals surface area contributed by atoms with Crippen LogP contribution in [0.4, 0.5) is 0 Å². The van der Waals surface area contributed by atoms with Gasteiger partial charge in [0.15, 0.2) is 16.9 Å². The summed E-state index contributed by atoms with van der Waals surface area (Å²) in [7, 11) is 1.45. The topological polar surface area (TPSA) is 80.0 Å². The number of ether oxygens (including phenoxy) is 1. The molecule has 1 aromatic heterocycles. The Hall–Kier alpha value is -3.58. The van der Waals surface area contributed by atoms with Crippen LogP contribution in [0.25, 0.3) is 11.0 Å². The normalized spacial score (nSPS) is 15.1. The average molecular weight is 520 g/mol. The van der Waals surface area contributed by atoms with Gasteiger partial charge in [-0.2, -0.15) is 0 Å². The number of nitrogens with zero attached hydrogens (tertiary/aromatic N) is 1. The van der Waals surface area contributed by atoms with Gasteiger partial charge in [0.1, 0.15) is 5.58 Å². The number of hydrogen-bond donors (Lipinski definition) is 1. The average Bonchev–Trinajstić information content (AvgIpc) is 3.07. The highest BCUT2D eigenvalue weighted by molar-refractivity contribution is 9.10. The van der Waals surface area contributed by atoms with Crippen molar-refractivity contribution < 1.29 is 19.1 Å². The fourth-order valence-corrected chi connectivity index (χ4v) is 5.17. The van der Waals surface area contributed by atoms with Crippen molar-refractivity contribution in [2.75, 3.05) is 7.11 Å². The number of phenols is 1. The Kier molecular flexibility index (Phi) is 5.44. The summed E-state index contributed by atoms with van der Waals surface area (Å²) in [5.41, 5.74) is 3.75. The Morgan fingerprint density at radius 3 is 2.53 bits per heavy atom. The molecule has 34 heavy (non-hydrogen) atoms. The molecule has 0 bridgehead atoms. The van der Waals surface area contributed by atoms with Crippen LogP contribution in [0, 0.1) is 13.8 Å². The maximum absolute atomic E-state index is 13.9. The van der Waals surface area contributed by atoms with E-state index in [2.05, 4.69) is 15.9 Å². The minimum absolute atomic E-state index is 0.0478. The number of carbonyl (C=O) groups is 1. The Bertz CT molecular complexity index is 1510. The summed E-state index contributed by atoms with van der Waals surface area (Å²) in [6.07, 6.45) is 0. The molecule has 1 aliphatic rings. The molecule has 1 aliphatic heterocycles. The minimum atomic E-state index is -0.713. The number of rotatable bonds is 4. The number of phenolic OH excluding ortho intramolecular Hbond substituents is 1. The number of aryl methyl sites for hydroxylation is 2. The van der Waals surface area contributed by atoms with Gasteiger partial charge < -0.3 is 19.2 Å². The first-order valence-electron chi connectivity index (χ1n) is 10.8. The van der Waals surface area contributed by atoms with E-state index in [1.165, 1.54) is 7.11 Å². The van der Waals surface area contributed by atoms with Crippen LogP contribution in [0.2, 0.25) is 0 Å². The summed E-state index contributed by atoms with van der Waals surface area (Å²) < 4.78 is 11.9. The Balaban J connectivity index is 1.79. The Labute approximate surface area is 204 Å². The van der Waals surface area contributed by atoms with Crippen LogP contribution in [0.1, 0.15) is 44.4 Å². The van der Waals surface area contributed by atoms with Gasteiger partial charge in [0, 0.05) is 6.54 Å². The van der Waals surface area contributed by atoms with Gasteiger partial charge >= 0.3 is 0 Å². The summed E-state index contributed by atoms with van der Waals surface area (Å²) in [6.45, 7) is 4.07. The van der Waals surface area contributed by atoms with E-state index in [1.54, 1.807) is 23.1 Å². The van der Waals surface area contributed by atoms with E-state index in [0.29, 0.717) is 26.6 Å². The van der Waals surface area contributed by atoms with Crippen LogP contribution in [0.15, 0.2) is 68.3 Å². The van der Waals surface area contributed by atoms with Crippen LogP contribution in [-0.2, 0) is 6.54 Å². The number of aromatic hydroxyl groups is 1. The van der Waals surface area contributed by atoms with E-state index in [1.807, 2.05) is 50.2 Å². The van der Waals surface area contributed by atoms with Crippen molar-refractivity contribution in [3.63, 3.8) is 0 Å². The fraction of sp³-hybridized carbons (Fsp3) is 0.185. The largest absolute Gasteiger partial charge is 0.503 e. The second kappa shape index (κ2) is 8.33. The third-order valence-corrected chi connectivity index (χ3v) is 6.80. The fourth-order valence-electron chi connectivity index (χ4n) is 4.71. The SMILES string of the molecule is COc1cc(C2c3c(oc4cc(C)cc(C)c4c3=O)C(=O)N2Cc2ccccc2)cc(Br)c1O. The molecule has 5 rings (SSSR count). The quantitative estimate of drug-likeness (QED) is 0.377. The molecule has 7 heteroatoms. The minimum Gasteiger partial charge on any atom is -0.503 e.